The molecule has 1 aliphatic rings. The molecule has 54 heavy (non-hydrogen) atoms. The second kappa shape index (κ2) is 14.9. The minimum absolute atomic E-state index is 0.0470. The summed E-state index contributed by atoms with van der Waals surface area (Å²) in [5.41, 5.74) is 3.72. The van der Waals surface area contributed by atoms with Crippen LogP contribution < -0.4 is 14.2 Å². The lowest BCUT2D eigenvalue weighted by molar-refractivity contribution is -0.153. The zero-order valence-corrected chi connectivity index (χ0v) is 30.1. The highest BCUT2D eigenvalue weighted by molar-refractivity contribution is 7.92. The highest BCUT2D eigenvalue weighted by atomic mass is 32.2. The largest absolute Gasteiger partial charge is 0.484 e. The standard InChI is InChI=1S/C38H36F3N7O5S/c1-26-35(23-43-48(26)30-6-4-3-5-7-30)54(50,51)44-29-11-15-36(42-22-29)53-32-14-10-28-20-34(45(2)33(28)21-32)37(49)47-18-16-46(17-19-47)24-27-8-12-31(13-9-27)52-25-38(39,40)41/h3-15,20-23,44H,16-19,24-25H2,1-2H3. The molecule has 1 aliphatic heterocycles. The number of nitrogens with one attached hydrogen (secondary N) is 1. The third kappa shape index (κ3) is 8.19. The van der Waals surface area contributed by atoms with Crippen LogP contribution in [0, 0.1) is 6.92 Å². The van der Waals surface area contributed by atoms with E-state index in [1.54, 1.807) is 41.9 Å². The number of ether oxygens (including phenoxy) is 2. The normalized spacial score (nSPS) is 14.0. The molecule has 3 aromatic heterocycles. The van der Waals surface area contributed by atoms with Crippen molar-refractivity contribution in [2.24, 2.45) is 7.05 Å². The Morgan fingerprint density at radius 3 is 2.30 bits per heavy atom. The van der Waals surface area contributed by atoms with Gasteiger partial charge in [-0.25, -0.2) is 18.1 Å². The number of hydrogen-bond acceptors (Lipinski definition) is 8. The maximum Gasteiger partial charge on any atom is 0.422 e. The molecule has 0 radical (unpaired) electrons. The highest BCUT2D eigenvalue weighted by Gasteiger charge is 2.29. The number of anilines is 1. The number of piperazine rings is 1. The number of aryl methyl sites for hydroxylation is 1. The molecular formula is C38H36F3N7O5S. The smallest absolute Gasteiger partial charge is 0.422 e. The van der Waals surface area contributed by atoms with Gasteiger partial charge in [-0.1, -0.05) is 30.3 Å². The first-order chi connectivity index (χ1) is 25.8. The first-order valence-corrected chi connectivity index (χ1v) is 18.5. The van der Waals surface area contributed by atoms with Crippen LogP contribution in [0.3, 0.4) is 0 Å². The highest BCUT2D eigenvalue weighted by Crippen LogP contribution is 2.29. The Balaban J connectivity index is 0.946. The summed E-state index contributed by atoms with van der Waals surface area (Å²) in [5, 5.41) is 5.12. The van der Waals surface area contributed by atoms with Crippen molar-refractivity contribution < 1.29 is 35.9 Å². The van der Waals surface area contributed by atoms with Gasteiger partial charge in [0.2, 0.25) is 5.88 Å². The predicted octanol–water partition coefficient (Wildman–Crippen LogP) is 6.56. The quantitative estimate of drug-likeness (QED) is 0.158. The number of carbonyl (C=O) groups excluding carboxylic acids is 1. The fourth-order valence-electron chi connectivity index (χ4n) is 6.28. The van der Waals surface area contributed by atoms with Crippen molar-refractivity contribution in [3.8, 4) is 23.1 Å². The summed E-state index contributed by atoms with van der Waals surface area (Å²) in [5.74, 6) is 0.805. The maximum absolute atomic E-state index is 13.6. The second-order valence-corrected chi connectivity index (χ2v) is 14.5. The lowest BCUT2D eigenvalue weighted by atomic mass is 10.2. The van der Waals surface area contributed by atoms with Gasteiger partial charge in [0.15, 0.2) is 6.61 Å². The van der Waals surface area contributed by atoms with Crippen LogP contribution in [0.15, 0.2) is 108 Å². The number of rotatable bonds is 11. The van der Waals surface area contributed by atoms with Crippen LogP contribution in [-0.2, 0) is 23.6 Å². The van der Waals surface area contributed by atoms with Crippen LogP contribution in [-0.4, -0.2) is 82.4 Å². The number of nitrogens with zero attached hydrogens (tertiary/aromatic N) is 6. The fourth-order valence-corrected chi connectivity index (χ4v) is 7.49. The van der Waals surface area contributed by atoms with Gasteiger partial charge in [0.25, 0.3) is 15.9 Å². The van der Waals surface area contributed by atoms with Crippen LogP contribution in [0.5, 0.6) is 17.4 Å². The van der Waals surface area contributed by atoms with E-state index in [9.17, 15) is 26.4 Å². The predicted molar refractivity (Wildman–Crippen MR) is 196 cm³/mol. The van der Waals surface area contributed by atoms with Crippen molar-refractivity contribution in [3.63, 3.8) is 0 Å². The maximum atomic E-state index is 13.6. The van der Waals surface area contributed by atoms with Crippen molar-refractivity contribution in [2.45, 2.75) is 24.5 Å². The van der Waals surface area contributed by atoms with E-state index in [4.69, 9.17) is 9.47 Å². The average molecular weight is 760 g/mol. The molecular weight excluding hydrogens is 724 g/mol. The fraction of sp³-hybridized carbons (Fsp3) is 0.237. The van der Waals surface area contributed by atoms with Gasteiger partial charge in [-0.05, 0) is 61.0 Å². The number of benzene rings is 3. The monoisotopic (exact) mass is 759 g/mol. The van der Waals surface area contributed by atoms with Gasteiger partial charge < -0.3 is 18.9 Å². The van der Waals surface area contributed by atoms with Crippen molar-refractivity contribution in [1.82, 2.24) is 29.1 Å². The molecule has 280 valence electrons. The first-order valence-electron chi connectivity index (χ1n) is 17.0. The van der Waals surface area contributed by atoms with Crippen LogP contribution in [0.1, 0.15) is 21.7 Å². The molecule has 16 heteroatoms. The molecule has 0 spiro atoms. The molecule has 3 aromatic carbocycles. The van der Waals surface area contributed by atoms with E-state index in [0.717, 1.165) is 22.2 Å². The molecule has 1 amide bonds. The van der Waals surface area contributed by atoms with Gasteiger partial charge in [0, 0.05) is 57.3 Å². The SMILES string of the molecule is Cc1c(S(=O)(=O)Nc2ccc(Oc3ccc4cc(C(=O)N5CCN(Cc6ccc(OCC(F)(F)F)cc6)CC5)n(C)c4c3)nc2)cnn1-c1ccccc1. The third-order valence-electron chi connectivity index (χ3n) is 9.09. The van der Waals surface area contributed by atoms with Gasteiger partial charge in [-0.3, -0.25) is 14.4 Å². The number of aromatic nitrogens is 4. The zero-order valence-electron chi connectivity index (χ0n) is 29.3. The van der Waals surface area contributed by atoms with Crippen LogP contribution >= 0.6 is 0 Å². The van der Waals surface area contributed by atoms with E-state index in [0.29, 0.717) is 49.9 Å². The second-order valence-electron chi connectivity index (χ2n) is 12.9. The summed E-state index contributed by atoms with van der Waals surface area (Å²) in [4.78, 5) is 21.9. The molecule has 12 nitrogen and oxygen atoms in total. The van der Waals surface area contributed by atoms with Gasteiger partial charge in [-0.15, -0.1) is 0 Å². The van der Waals surface area contributed by atoms with Gasteiger partial charge in [0.05, 0.1) is 35.0 Å². The molecule has 7 rings (SSSR count). The van der Waals surface area contributed by atoms with Gasteiger partial charge in [-0.2, -0.15) is 18.3 Å². The lowest BCUT2D eigenvalue weighted by Crippen LogP contribution is -2.48. The Bertz CT molecular complexity index is 2370. The molecule has 0 unspecified atom stereocenters. The number of para-hydroxylation sites is 1. The minimum Gasteiger partial charge on any atom is -0.484 e. The molecule has 0 bridgehead atoms. The summed E-state index contributed by atoms with van der Waals surface area (Å²) in [6.07, 6.45) is -1.71. The number of amides is 1. The molecule has 0 atom stereocenters. The van der Waals surface area contributed by atoms with Gasteiger partial charge >= 0.3 is 6.18 Å². The molecule has 4 heterocycles. The van der Waals surface area contributed by atoms with E-state index < -0.39 is 22.8 Å². The summed E-state index contributed by atoms with van der Waals surface area (Å²) in [6, 6.07) is 26.2. The average Bonchev–Trinajstić information content (AvgIpc) is 3.71. The number of fused-ring (bicyclic) bond motifs is 1. The summed E-state index contributed by atoms with van der Waals surface area (Å²) >= 11 is 0. The minimum atomic E-state index is -4.39. The van der Waals surface area contributed by atoms with Crippen molar-refractivity contribution >= 4 is 32.5 Å². The summed E-state index contributed by atoms with van der Waals surface area (Å²) < 4.78 is 80.4. The number of pyridine rings is 1. The Morgan fingerprint density at radius 1 is 0.889 bits per heavy atom. The molecule has 1 saturated heterocycles. The Morgan fingerprint density at radius 2 is 1.61 bits per heavy atom. The van der Waals surface area contributed by atoms with Crippen molar-refractivity contribution in [3.05, 3.63) is 120 Å². The van der Waals surface area contributed by atoms with Crippen LogP contribution in [0.25, 0.3) is 16.6 Å². The van der Waals surface area contributed by atoms with Crippen molar-refractivity contribution in [1.29, 1.82) is 0 Å². The van der Waals surface area contributed by atoms with Crippen LogP contribution in [0.4, 0.5) is 18.9 Å². The topological polar surface area (TPSA) is 124 Å². The summed E-state index contributed by atoms with van der Waals surface area (Å²) in [7, 11) is -2.13. The van der Waals surface area contributed by atoms with E-state index >= 15 is 0 Å². The number of carbonyl (C=O) groups is 1. The van der Waals surface area contributed by atoms with E-state index in [1.165, 1.54) is 24.5 Å². The van der Waals surface area contributed by atoms with E-state index in [1.807, 2.05) is 65.0 Å². The number of hydrogen-bond donors (Lipinski definition) is 1. The van der Waals surface area contributed by atoms with Gasteiger partial charge in [0.1, 0.15) is 22.1 Å². The summed E-state index contributed by atoms with van der Waals surface area (Å²) in [6.45, 7) is 3.30. The third-order valence-corrected chi connectivity index (χ3v) is 10.6. The zero-order chi connectivity index (χ0) is 38.0. The molecule has 1 fully saturated rings. The van der Waals surface area contributed by atoms with Crippen molar-refractivity contribution in [2.75, 3.05) is 37.5 Å². The van der Waals surface area contributed by atoms with E-state index in [2.05, 4.69) is 19.7 Å². The Labute approximate surface area is 309 Å². The Hall–Kier alpha value is -5.87. The first kappa shape index (κ1) is 36.5. The van der Waals surface area contributed by atoms with E-state index in [-0.39, 0.29) is 28.1 Å². The molecule has 0 aliphatic carbocycles. The molecule has 6 aromatic rings. The lowest BCUT2D eigenvalue weighted by Gasteiger charge is -2.34. The molecule has 0 saturated carbocycles. The number of alkyl halides is 3. The number of sulfonamides is 1. The molecule has 1 N–H and O–H groups in total. The number of halogens is 3. The van der Waals surface area contributed by atoms with Crippen LogP contribution in [0.2, 0.25) is 0 Å². The Kier molecular flexibility index (Phi) is 10.0.